The highest BCUT2D eigenvalue weighted by Gasteiger charge is 2.34. The lowest BCUT2D eigenvalue weighted by molar-refractivity contribution is -0.117. The van der Waals surface area contributed by atoms with Gasteiger partial charge in [-0.15, -0.1) is 5.10 Å². The maximum Gasteiger partial charge on any atom is 0.414 e. The third-order valence-corrected chi connectivity index (χ3v) is 4.78. The predicted molar refractivity (Wildman–Crippen MR) is 97.0 cm³/mol. The van der Waals surface area contributed by atoms with Gasteiger partial charge in [0.25, 0.3) is 0 Å². The summed E-state index contributed by atoms with van der Waals surface area (Å²) in [6.45, 7) is 1.77. The van der Waals surface area contributed by atoms with E-state index in [4.69, 9.17) is 4.74 Å². The molecular weight excluding hydrogens is 388 g/mol. The number of benzene rings is 1. The number of amides is 2. The third-order valence-electron chi connectivity index (χ3n) is 4.78. The van der Waals surface area contributed by atoms with Crippen molar-refractivity contribution in [2.45, 2.75) is 12.6 Å². The van der Waals surface area contributed by atoms with Crippen molar-refractivity contribution in [1.29, 1.82) is 0 Å². The Kier molecular flexibility index (Phi) is 5.25. The first-order valence-corrected chi connectivity index (χ1v) is 9.07. The van der Waals surface area contributed by atoms with Crippen LogP contribution in [0.15, 0.2) is 24.5 Å². The van der Waals surface area contributed by atoms with Crippen LogP contribution in [0, 0.1) is 11.6 Å². The second kappa shape index (κ2) is 7.99. The lowest BCUT2D eigenvalue weighted by Crippen LogP contribution is -2.40. The largest absolute Gasteiger partial charge is 0.442 e. The van der Waals surface area contributed by atoms with E-state index in [1.807, 2.05) is 0 Å². The fourth-order valence-electron chi connectivity index (χ4n) is 3.38. The summed E-state index contributed by atoms with van der Waals surface area (Å²) in [4.78, 5) is 25.8. The molecule has 2 amide bonds. The molecule has 1 atom stereocenters. The van der Waals surface area contributed by atoms with Gasteiger partial charge in [-0.05, 0) is 0 Å². The monoisotopic (exact) mass is 407 g/mol. The molecule has 0 spiro atoms. The molecule has 1 N–H and O–H groups in total. The van der Waals surface area contributed by atoms with Gasteiger partial charge < -0.3 is 14.6 Å². The second-order valence-electron chi connectivity index (χ2n) is 6.70. The number of hydrogen-bond donors (Lipinski definition) is 1. The molecule has 0 saturated carbocycles. The molecule has 0 radical (unpaired) electrons. The van der Waals surface area contributed by atoms with E-state index >= 15 is 0 Å². The van der Waals surface area contributed by atoms with Crippen molar-refractivity contribution in [2.75, 3.05) is 42.6 Å². The molecule has 2 aliphatic heterocycles. The van der Waals surface area contributed by atoms with Crippen molar-refractivity contribution in [3.63, 3.8) is 0 Å². The van der Waals surface area contributed by atoms with Crippen LogP contribution in [0.25, 0.3) is 0 Å². The first-order valence-electron chi connectivity index (χ1n) is 9.07. The van der Waals surface area contributed by atoms with Crippen LogP contribution in [0.2, 0.25) is 0 Å². The number of ether oxygens (including phenoxy) is 1. The number of cyclic esters (lactones) is 1. The molecule has 2 aliphatic rings. The maximum absolute atomic E-state index is 14.8. The van der Waals surface area contributed by atoms with Crippen molar-refractivity contribution in [2.24, 2.45) is 0 Å². The Bertz CT molecular complexity index is 872. The zero-order valence-electron chi connectivity index (χ0n) is 15.4. The first kappa shape index (κ1) is 19.1. The van der Waals surface area contributed by atoms with Gasteiger partial charge in [-0.1, -0.05) is 5.21 Å². The number of hydrogen-bond acceptors (Lipinski definition) is 7. The molecule has 4 rings (SSSR count). The van der Waals surface area contributed by atoms with Gasteiger partial charge in [-0.2, -0.15) is 0 Å². The van der Waals surface area contributed by atoms with E-state index in [9.17, 15) is 18.4 Å². The quantitative estimate of drug-likeness (QED) is 0.716. The minimum Gasteiger partial charge on any atom is -0.442 e. The van der Waals surface area contributed by atoms with Gasteiger partial charge in [-0.25, -0.2) is 23.7 Å². The highest BCUT2D eigenvalue weighted by atomic mass is 19.1. The van der Waals surface area contributed by atoms with Gasteiger partial charge in [0.1, 0.15) is 11.8 Å². The molecule has 29 heavy (non-hydrogen) atoms. The van der Waals surface area contributed by atoms with Gasteiger partial charge in [0.15, 0.2) is 11.6 Å². The highest BCUT2D eigenvalue weighted by molar-refractivity contribution is 5.90. The number of aromatic nitrogens is 3. The number of nitrogens with one attached hydrogen (secondary N) is 1. The van der Waals surface area contributed by atoms with E-state index in [0.717, 1.165) is 12.1 Å². The smallest absolute Gasteiger partial charge is 0.414 e. The Morgan fingerprint density at radius 3 is 2.72 bits per heavy atom. The second-order valence-corrected chi connectivity index (χ2v) is 6.70. The lowest BCUT2D eigenvalue weighted by Gasteiger charge is -2.25. The molecule has 154 valence electrons. The van der Waals surface area contributed by atoms with E-state index in [1.165, 1.54) is 25.7 Å². The number of hydrazine groups is 1. The van der Waals surface area contributed by atoms with Gasteiger partial charge in [-0.3, -0.25) is 9.69 Å². The van der Waals surface area contributed by atoms with Crippen LogP contribution in [-0.2, 0) is 16.1 Å². The third kappa shape index (κ3) is 3.97. The maximum atomic E-state index is 14.8. The zero-order chi connectivity index (χ0) is 20.4. The summed E-state index contributed by atoms with van der Waals surface area (Å²) in [7, 11) is 0. The number of halogens is 2. The van der Waals surface area contributed by atoms with E-state index in [1.54, 1.807) is 6.20 Å². The van der Waals surface area contributed by atoms with Gasteiger partial charge in [0.2, 0.25) is 6.41 Å². The number of nitrogens with zero attached hydrogens (tertiary/aromatic N) is 6. The topological polar surface area (TPSA) is 95.8 Å². The van der Waals surface area contributed by atoms with Gasteiger partial charge >= 0.3 is 6.09 Å². The molecule has 2 aromatic rings. The SMILES string of the molecule is O=CN1CCNN(c2c(F)cc(N3C[C@H](Cn4ccnn4)OC3=O)cc2F)CC1. The molecule has 12 heteroatoms. The molecule has 3 heterocycles. The summed E-state index contributed by atoms with van der Waals surface area (Å²) in [5.74, 6) is -1.64. The van der Waals surface area contributed by atoms with Crippen molar-refractivity contribution in [3.8, 4) is 0 Å². The van der Waals surface area contributed by atoms with E-state index in [0.29, 0.717) is 26.0 Å². The summed E-state index contributed by atoms with van der Waals surface area (Å²) in [6.07, 6.45) is 2.64. The minimum absolute atomic E-state index is 0.0687. The van der Waals surface area contributed by atoms with E-state index < -0.39 is 23.8 Å². The summed E-state index contributed by atoms with van der Waals surface area (Å²) >= 11 is 0. The van der Waals surface area contributed by atoms with Crippen molar-refractivity contribution >= 4 is 23.9 Å². The lowest BCUT2D eigenvalue weighted by atomic mass is 10.2. The first-order chi connectivity index (χ1) is 14.0. The van der Waals surface area contributed by atoms with Gasteiger partial charge in [0, 0.05) is 38.0 Å². The number of carbonyl (C=O) groups excluding carboxylic acids is 2. The normalized spacial score (nSPS) is 20.0. The minimum atomic E-state index is -0.820. The van der Waals surface area contributed by atoms with E-state index in [2.05, 4.69) is 15.7 Å². The molecule has 2 saturated heterocycles. The van der Waals surface area contributed by atoms with E-state index in [-0.39, 0.29) is 31.0 Å². The van der Waals surface area contributed by atoms with Crippen LogP contribution in [0.3, 0.4) is 0 Å². The molecule has 10 nitrogen and oxygen atoms in total. The standard InChI is InChI=1S/C17H19F2N7O3/c18-14-7-12(25-10-13(29-17(25)28)9-24-4-1-20-22-24)8-15(19)16(14)26-6-5-23(11-27)3-2-21-26/h1,4,7-8,11,13,21H,2-3,5-6,9-10H2/t13-/m0/s1. The molecule has 0 unspecified atom stereocenters. The average Bonchev–Trinajstić information content (AvgIpc) is 3.25. The highest BCUT2D eigenvalue weighted by Crippen LogP contribution is 2.30. The average molecular weight is 407 g/mol. The van der Waals surface area contributed by atoms with Crippen LogP contribution >= 0.6 is 0 Å². The molecule has 2 fully saturated rings. The molecule has 0 aliphatic carbocycles. The van der Waals surface area contributed by atoms with Crippen molar-refractivity contribution in [1.82, 2.24) is 25.3 Å². The molecular formula is C17H19F2N7O3. The summed E-state index contributed by atoms with van der Waals surface area (Å²) in [5, 5.41) is 8.83. The fraction of sp³-hybridized carbons (Fsp3) is 0.412. The molecule has 0 bridgehead atoms. The number of anilines is 2. The summed E-state index contributed by atoms with van der Waals surface area (Å²) in [5.41, 5.74) is 2.72. The molecule has 1 aromatic heterocycles. The Labute approximate surface area is 164 Å². The van der Waals surface area contributed by atoms with Crippen LogP contribution in [0.1, 0.15) is 0 Å². The molecule has 1 aromatic carbocycles. The summed E-state index contributed by atoms with van der Waals surface area (Å²) in [6, 6.07) is 2.20. The summed E-state index contributed by atoms with van der Waals surface area (Å²) < 4.78 is 36.3. The van der Waals surface area contributed by atoms with Crippen molar-refractivity contribution < 1.29 is 23.1 Å². The Morgan fingerprint density at radius 1 is 1.24 bits per heavy atom. The van der Waals surface area contributed by atoms with Crippen LogP contribution < -0.4 is 15.3 Å². The fourth-order valence-corrected chi connectivity index (χ4v) is 3.38. The van der Waals surface area contributed by atoms with Crippen LogP contribution in [0.5, 0.6) is 0 Å². The predicted octanol–water partition coefficient (Wildman–Crippen LogP) is 0.365. The zero-order valence-corrected chi connectivity index (χ0v) is 15.4. The Hall–Kier alpha value is -3.28. The number of rotatable bonds is 5. The van der Waals surface area contributed by atoms with Gasteiger partial charge in [0.05, 0.1) is 31.5 Å². The number of carbonyl (C=O) groups is 2. The van der Waals surface area contributed by atoms with Crippen molar-refractivity contribution in [3.05, 3.63) is 36.2 Å². The Morgan fingerprint density at radius 2 is 2.03 bits per heavy atom. The van der Waals surface area contributed by atoms with Crippen LogP contribution in [0.4, 0.5) is 25.0 Å². The Balaban J connectivity index is 1.51. The van der Waals surface area contributed by atoms with Crippen LogP contribution in [-0.4, -0.2) is 71.2 Å².